The van der Waals surface area contributed by atoms with Crippen LogP contribution in [0.5, 0.6) is 0 Å². The zero-order chi connectivity index (χ0) is 105. The molecule has 0 atom stereocenters. The summed E-state index contributed by atoms with van der Waals surface area (Å²) in [5, 5.41) is 1.36. The van der Waals surface area contributed by atoms with E-state index in [2.05, 4.69) is 346 Å². The maximum atomic E-state index is 10.0. The molecule has 0 aliphatic carbocycles. The molecular formula is C116H250N8O4S2. The minimum Gasteiger partial charge on any atom is -0.388 e. The number of ketones is 2. The van der Waals surface area contributed by atoms with E-state index in [1.54, 1.807) is 20.8 Å². The number of hydrogen-bond acceptors (Lipinski definition) is 10. The van der Waals surface area contributed by atoms with Crippen molar-refractivity contribution in [2.24, 2.45) is 62.3 Å². The molecule has 130 heavy (non-hydrogen) atoms. The van der Waals surface area contributed by atoms with Crippen molar-refractivity contribution >= 4 is 70.7 Å². The summed E-state index contributed by atoms with van der Waals surface area (Å²) >= 11 is 5.69. The number of thiol groups is 1. The number of hydrogen-bond donors (Lipinski definition) is 7. The second-order valence-corrected chi connectivity index (χ2v) is 32.9. The maximum absolute atomic E-state index is 10.0. The van der Waals surface area contributed by atoms with Crippen LogP contribution in [0.3, 0.4) is 0 Å². The third kappa shape index (κ3) is 301. The van der Waals surface area contributed by atoms with Crippen LogP contribution in [0.4, 0.5) is 0 Å². The van der Waals surface area contributed by atoms with Gasteiger partial charge in [-0.25, -0.2) is 0 Å². The number of nitrogens with two attached hydrogens (primary N) is 5. The molecule has 2 heterocycles. The van der Waals surface area contributed by atoms with Crippen molar-refractivity contribution < 1.29 is 19.2 Å². The van der Waals surface area contributed by atoms with Crippen LogP contribution < -0.4 is 28.7 Å². The first kappa shape index (κ1) is 181. The van der Waals surface area contributed by atoms with E-state index in [4.69, 9.17) is 22.9 Å². The molecule has 0 saturated carbocycles. The van der Waals surface area contributed by atoms with Crippen molar-refractivity contribution in [3.8, 4) is 0 Å². The lowest BCUT2D eigenvalue weighted by atomic mass is 10.1. The van der Waals surface area contributed by atoms with Gasteiger partial charge in [0.2, 0.25) is 11.8 Å². The van der Waals surface area contributed by atoms with Gasteiger partial charge < -0.3 is 43.2 Å². The Morgan fingerprint density at radius 3 is 0.938 bits per heavy atom. The number of amidine groups is 1. The summed E-state index contributed by atoms with van der Waals surface area (Å²) in [7, 11) is 0. The fraction of sp³-hybridized carbons (Fsp3) is 0.759. The third-order valence-electron chi connectivity index (χ3n) is 13.9. The van der Waals surface area contributed by atoms with Crippen LogP contribution in [0, 0.1) is 30.6 Å². The number of aliphatic imine (C=N–C) groups is 2. The summed E-state index contributed by atoms with van der Waals surface area (Å²) < 4.78 is 0. The number of benzene rings is 3. The molecule has 0 spiro atoms. The molecule has 1 aromatic heterocycles. The summed E-state index contributed by atoms with van der Waals surface area (Å²) in [6, 6.07) is 27.5. The fourth-order valence-electron chi connectivity index (χ4n) is 6.03. The highest BCUT2D eigenvalue weighted by Crippen LogP contribution is 2.17. The zero-order valence-electron chi connectivity index (χ0n) is 95.8. The lowest BCUT2D eigenvalue weighted by Crippen LogP contribution is -2.08. The van der Waals surface area contributed by atoms with Crippen molar-refractivity contribution in [3.63, 3.8) is 0 Å². The van der Waals surface area contributed by atoms with Gasteiger partial charge in [0.15, 0.2) is 0 Å². The largest absolute Gasteiger partial charge is 0.388 e. The van der Waals surface area contributed by atoms with Gasteiger partial charge in [-0.05, 0) is 163 Å². The van der Waals surface area contributed by atoms with E-state index in [0.29, 0.717) is 25.1 Å². The Hall–Kier alpha value is -5.02. The number of aromatic amines is 1. The molecule has 1 aliphatic rings. The van der Waals surface area contributed by atoms with Crippen molar-refractivity contribution in [3.05, 3.63) is 119 Å². The molecular weight excluding hydrogens is 1630 g/mol. The number of Topliss-reactive ketones (excluding diaryl/α,β-unsaturated/α-hetero) is 2. The quantitative estimate of drug-likeness (QED) is 0.0138. The second-order valence-electron chi connectivity index (χ2n) is 31.3. The van der Waals surface area contributed by atoms with Gasteiger partial charge in [0.05, 0.1) is 5.84 Å². The lowest BCUT2D eigenvalue weighted by molar-refractivity contribution is -0.118. The Bertz CT molecular complexity index is 2390. The first-order chi connectivity index (χ1) is 60.6. The van der Waals surface area contributed by atoms with Crippen LogP contribution in [0.25, 0.3) is 10.9 Å². The maximum Gasteiger partial charge on any atom is 0.217 e. The van der Waals surface area contributed by atoms with Gasteiger partial charge in [-0.3, -0.25) is 19.6 Å². The van der Waals surface area contributed by atoms with Crippen LogP contribution in [-0.2, 0) is 38.4 Å². The van der Waals surface area contributed by atoms with Crippen molar-refractivity contribution in [1.82, 2.24) is 4.98 Å². The van der Waals surface area contributed by atoms with Crippen molar-refractivity contribution in [2.75, 3.05) is 37.4 Å². The minimum atomic E-state index is -0.245. The Kier molecular flexibility index (Phi) is 267. The van der Waals surface area contributed by atoms with Crippen molar-refractivity contribution in [1.29, 1.82) is 0 Å². The second kappa shape index (κ2) is 191. The number of aromatic nitrogens is 1. The topological polar surface area (TPSA) is 239 Å². The Morgan fingerprint density at radius 1 is 0.446 bits per heavy atom. The molecule has 2 amide bonds. The summed E-state index contributed by atoms with van der Waals surface area (Å²) in [4.78, 5) is 50.6. The average molecular weight is 1890 g/mol. The first-order valence-corrected chi connectivity index (χ1v) is 53.8. The Morgan fingerprint density at radius 2 is 0.769 bits per heavy atom. The smallest absolute Gasteiger partial charge is 0.217 e. The highest BCUT2D eigenvalue weighted by molar-refractivity contribution is 7.98. The summed E-state index contributed by atoms with van der Waals surface area (Å²) in [5.41, 5.74) is 32.6. The fourth-order valence-corrected chi connectivity index (χ4v) is 6.44. The van der Waals surface area contributed by atoms with E-state index in [9.17, 15) is 19.2 Å². The summed E-state index contributed by atoms with van der Waals surface area (Å²) in [6.07, 6.45) is 44.2. The van der Waals surface area contributed by atoms with Gasteiger partial charge >= 0.3 is 0 Å². The van der Waals surface area contributed by atoms with Gasteiger partial charge in [-0.2, -0.15) is 24.4 Å². The predicted octanol–water partition coefficient (Wildman–Crippen LogP) is 38.4. The number of nitrogens with zero attached hydrogens (tertiary/aromatic N) is 2. The van der Waals surface area contributed by atoms with Gasteiger partial charge in [0.1, 0.15) is 11.6 Å². The van der Waals surface area contributed by atoms with Crippen LogP contribution in [-0.4, -0.2) is 77.8 Å². The molecule has 11 N–H and O–H groups in total. The highest BCUT2D eigenvalue weighted by atomic mass is 32.2. The number of primary amides is 2. The standard InChI is InChI=1S/C10H11N.C9H12.C8H10.C6H14N2.C6H9N.C6H14.C5H10O.4C5H12.C4H9NO.C4H8O.C4H10S.3C4H10.C3H7NO.C3H9N.2C3H8.C2H7N.C2H6S.2C2H6.2CH4/c1-2-8-7-11-10-6-4-3-5-9(8)10;1-3-9-6-4-8(2)5-7-9;1-2-8-6-4-3-5-7-8;1-3-4-5-8-6(2)7;1-2-6-4-3-5-7-6;1-3-5-6-4-2;1-3-4-5(2)6;2*1-4-5(2)3;2*1-3-5-4-2;1-2-3-4(5)6;1-3-4(2)5;1-3-4-5-2;2*1-4(2)3;1-3-4-2;1-2-3(4)5;1-2-3-4;2*1-3-2;2*1-2-3;2*1-2;;/h3-7,11H,2H2,1H3;4-7H,3H2,1-2H3;3-7H,2H2,1H3;3-5H2,1-2H3,(H2,7,8);4-5H,2-3H2,1H3;3-6H2,1-2H3;3-4H2,1-2H3;2*5H,4H2,1-3H3;2*3-5H2,1-2H3;2-3H2,1H3,(H2,5,6);3H2,1-2H3;3-4H2,1-2H3;2*4H,1-3H3;3-4H2,1-2H3;2H2,1H3,(H2,4,5);2-4H2,1H3;2*3H2,1-2H3;2-3H2,1H3;3H,2H2,1H3;2*1-2H3;2*1H4. The molecule has 5 rings (SSSR count). The number of nitrogens with one attached hydrogen (secondary N) is 1. The molecule has 0 saturated heterocycles. The highest BCUT2D eigenvalue weighted by Gasteiger charge is 1.98. The molecule has 790 valence electrons. The number of thioether (sulfide) groups is 1. The number of rotatable bonds is 26. The van der Waals surface area contributed by atoms with Crippen LogP contribution in [0.15, 0.2) is 107 Å². The molecule has 0 unspecified atom stereocenters. The van der Waals surface area contributed by atoms with E-state index >= 15 is 0 Å². The van der Waals surface area contributed by atoms with Crippen LogP contribution >= 0.6 is 24.4 Å². The first-order valence-electron chi connectivity index (χ1n) is 51.8. The van der Waals surface area contributed by atoms with E-state index < -0.39 is 0 Å². The number of allylic oxidation sites excluding steroid dienone is 2. The number of para-hydroxylation sites is 1. The van der Waals surface area contributed by atoms with E-state index in [-0.39, 0.29) is 38.2 Å². The molecule has 12 nitrogen and oxygen atoms in total. The number of carbonyl (C=O) groups excluding carboxylic acids is 4. The van der Waals surface area contributed by atoms with E-state index in [0.717, 1.165) is 113 Å². The van der Waals surface area contributed by atoms with Gasteiger partial charge in [0, 0.05) is 67.7 Å². The number of H-pyrrole nitrogens is 1. The van der Waals surface area contributed by atoms with Gasteiger partial charge in [0.25, 0.3) is 0 Å². The number of amides is 2. The number of fused-ring (bicyclic) bond motifs is 1. The summed E-state index contributed by atoms with van der Waals surface area (Å²) in [6.45, 7) is 96.4. The molecule has 0 fully saturated rings. The van der Waals surface area contributed by atoms with Gasteiger partial charge in [-0.15, -0.1) is 0 Å². The lowest BCUT2D eigenvalue weighted by Gasteiger charge is -1.94. The number of unbranched alkanes of at least 4 members (excludes halogenated alkanes) is 9. The van der Waals surface area contributed by atoms with Gasteiger partial charge in [-0.1, -0.05) is 492 Å². The normalized spacial score (nSPS) is 8.93. The number of carbonyl (C=O) groups is 4. The Labute approximate surface area is 833 Å². The SMILES string of the molecule is C.C.CC.CC.CC(C)C.CC(C)C.CCC.CCC.CCC(C)=O.CCC(C)C.CCC(C)C.CCC(N)=O.CCC1=CCC=N1.CCCC.CCCC(C)=O.CCCC(N)=O.CCCCC.CCCCC.CCCCCC.CCCCN=C(C)N.CCCN.CCCSC.CCN.CCS.CCc1c[nH]c2ccccc12.CCc1ccc(C)cc1.CCc1ccccc1. The zero-order valence-corrected chi connectivity index (χ0v) is 97.5. The monoisotopic (exact) mass is 1880 g/mol. The molecule has 4 aromatic rings. The average Bonchev–Trinajstić information content (AvgIpc) is 1.70. The Balaban J connectivity index is -0.0000000472. The third-order valence-corrected chi connectivity index (χ3v) is 14.7. The summed E-state index contributed by atoms with van der Waals surface area (Å²) in [5.74, 6) is 6.47. The van der Waals surface area contributed by atoms with E-state index in [1.807, 2.05) is 93.3 Å². The molecule has 0 radical (unpaired) electrons. The molecule has 1 aliphatic heterocycles. The number of aryl methyl sites for hydroxylation is 4. The van der Waals surface area contributed by atoms with Crippen molar-refractivity contribution in [2.45, 2.75) is 525 Å². The predicted molar refractivity (Wildman–Crippen MR) is 625 cm³/mol. The molecule has 14 heteroatoms. The van der Waals surface area contributed by atoms with Crippen LogP contribution in [0.1, 0.15) is 522 Å². The molecule has 0 bridgehead atoms. The molecule has 3 aromatic carbocycles. The van der Waals surface area contributed by atoms with E-state index in [1.165, 1.54) is 160 Å². The van der Waals surface area contributed by atoms with Crippen LogP contribution in [0.2, 0.25) is 0 Å². The minimum absolute atomic E-state index is 0.